The van der Waals surface area contributed by atoms with Crippen molar-refractivity contribution >= 4 is 11.7 Å². The fraction of sp³-hybridized carbons (Fsp3) is 0.250. The van der Waals surface area contributed by atoms with Gasteiger partial charge in [0.15, 0.2) is 0 Å². The van der Waals surface area contributed by atoms with Crippen molar-refractivity contribution in [3.8, 4) is 0 Å². The molecule has 5 heteroatoms. The second kappa shape index (κ2) is 3.84. The monoisotopic (exact) mass is 184 g/mol. The molecule has 0 aromatic carbocycles. The fourth-order valence-corrected chi connectivity index (χ4v) is 0.846. The van der Waals surface area contributed by atoms with Crippen molar-refractivity contribution in [1.82, 2.24) is 4.98 Å². The normalized spacial score (nSPS) is 9.69. The Balaban J connectivity index is 2.79. The van der Waals surface area contributed by atoms with Gasteiger partial charge in [-0.05, 0) is 11.6 Å². The summed E-state index contributed by atoms with van der Waals surface area (Å²) >= 11 is 0. The van der Waals surface area contributed by atoms with E-state index in [1.54, 1.807) is 0 Å². The van der Waals surface area contributed by atoms with Crippen LogP contribution in [0.3, 0.4) is 0 Å². The van der Waals surface area contributed by atoms with E-state index in [-0.39, 0.29) is 12.1 Å². The molecule has 4 nitrogen and oxygen atoms in total. The van der Waals surface area contributed by atoms with E-state index in [2.05, 4.69) is 9.72 Å². The fourth-order valence-electron chi connectivity index (χ4n) is 0.846. The number of nitrogen functional groups attached to an aromatic ring is 1. The van der Waals surface area contributed by atoms with Crippen LogP contribution in [-0.2, 0) is 16.0 Å². The highest BCUT2D eigenvalue weighted by Crippen LogP contribution is 2.09. The summed E-state index contributed by atoms with van der Waals surface area (Å²) in [6, 6.07) is 1.36. The molecular weight excluding hydrogens is 175 g/mol. The number of anilines is 1. The molecular formula is C8H9FN2O2. The number of halogens is 1. The first-order chi connectivity index (χ1) is 6.13. The Bertz CT molecular complexity index is 328. The van der Waals surface area contributed by atoms with Crippen molar-refractivity contribution in [3.63, 3.8) is 0 Å². The van der Waals surface area contributed by atoms with Crippen LogP contribution in [0.5, 0.6) is 0 Å². The molecule has 13 heavy (non-hydrogen) atoms. The summed E-state index contributed by atoms with van der Waals surface area (Å²) in [4.78, 5) is 14.2. The average molecular weight is 184 g/mol. The smallest absolute Gasteiger partial charge is 0.310 e. The van der Waals surface area contributed by atoms with Gasteiger partial charge in [0, 0.05) is 6.20 Å². The molecule has 0 saturated carbocycles. The molecule has 1 aromatic heterocycles. The molecule has 0 unspecified atom stereocenters. The van der Waals surface area contributed by atoms with Gasteiger partial charge < -0.3 is 10.5 Å². The maximum atomic E-state index is 12.6. The second-order valence-corrected chi connectivity index (χ2v) is 2.48. The summed E-state index contributed by atoms with van der Waals surface area (Å²) in [7, 11) is 1.28. The summed E-state index contributed by atoms with van der Waals surface area (Å²) in [6.45, 7) is 0. The summed E-state index contributed by atoms with van der Waals surface area (Å²) < 4.78 is 17.0. The number of ether oxygens (including phenoxy) is 1. The molecule has 1 rings (SSSR count). The molecule has 0 amide bonds. The Morgan fingerprint density at radius 2 is 2.46 bits per heavy atom. The lowest BCUT2D eigenvalue weighted by molar-refractivity contribution is -0.139. The summed E-state index contributed by atoms with van der Waals surface area (Å²) in [6.07, 6.45) is 1.30. The Morgan fingerprint density at radius 3 is 3.00 bits per heavy atom. The number of hydrogen-bond acceptors (Lipinski definition) is 4. The second-order valence-electron chi connectivity index (χ2n) is 2.48. The number of nitrogens with two attached hydrogens (primary N) is 1. The van der Waals surface area contributed by atoms with Gasteiger partial charge in [0.1, 0.15) is 0 Å². The first kappa shape index (κ1) is 9.44. The van der Waals surface area contributed by atoms with Crippen LogP contribution >= 0.6 is 0 Å². The van der Waals surface area contributed by atoms with Gasteiger partial charge in [0.2, 0.25) is 5.95 Å². The number of methoxy groups -OCH3 is 1. The molecule has 0 atom stereocenters. The minimum atomic E-state index is -0.728. The third-order valence-electron chi connectivity index (χ3n) is 1.50. The Hall–Kier alpha value is -1.65. The van der Waals surface area contributed by atoms with Crippen LogP contribution in [-0.4, -0.2) is 18.1 Å². The maximum absolute atomic E-state index is 12.6. The molecule has 0 aliphatic heterocycles. The van der Waals surface area contributed by atoms with Gasteiger partial charge in [-0.25, -0.2) is 4.98 Å². The van der Waals surface area contributed by atoms with Crippen molar-refractivity contribution in [2.24, 2.45) is 0 Å². The number of aromatic nitrogens is 1. The predicted octanol–water partition coefficient (Wildman–Crippen LogP) is 0.518. The van der Waals surface area contributed by atoms with Crippen molar-refractivity contribution in [2.75, 3.05) is 12.8 Å². The third kappa shape index (κ3) is 2.40. The van der Waals surface area contributed by atoms with E-state index in [1.807, 2.05) is 0 Å². The van der Waals surface area contributed by atoms with E-state index in [0.717, 1.165) is 0 Å². The highest BCUT2D eigenvalue weighted by atomic mass is 19.1. The Kier molecular flexibility index (Phi) is 2.79. The molecule has 1 aromatic rings. The lowest BCUT2D eigenvalue weighted by Gasteiger charge is -2.00. The van der Waals surface area contributed by atoms with Gasteiger partial charge >= 0.3 is 5.97 Å². The van der Waals surface area contributed by atoms with E-state index in [0.29, 0.717) is 5.56 Å². The lowest BCUT2D eigenvalue weighted by Crippen LogP contribution is -2.06. The van der Waals surface area contributed by atoms with Crippen LogP contribution in [0, 0.1) is 5.95 Å². The lowest BCUT2D eigenvalue weighted by atomic mass is 10.2. The number of esters is 1. The zero-order valence-electron chi connectivity index (χ0n) is 7.08. The quantitative estimate of drug-likeness (QED) is 0.537. The summed E-state index contributed by atoms with van der Waals surface area (Å²) in [5, 5.41) is 0. The Labute approximate surface area is 74.5 Å². The zero-order valence-corrected chi connectivity index (χ0v) is 7.08. The van der Waals surface area contributed by atoms with Crippen molar-refractivity contribution < 1.29 is 13.9 Å². The van der Waals surface area contributed by atoms with E-state index in [1.165, 1.54) is 19.4 Å². The minimum Gasteiger partial charge on any atom is -0.469 e. The van der Waals surface area contributed by atoms with Gasteiger partial charge in [0.05, 0.1) is 19.2 Å². The van der Waals surface area contributed by atoms with Gasteiger partial charge in [-0.2, -0.15) is 4.39 Å². The number of hydrogen-bond donors (Lipinski definition) is 1. The standard InChI is InChI=1S/C8H9FN2O2/c1-13-7(12)3-5-2-6(10)8(9)11-4-5/h2,4H,3,10H2,1H3. The molecule has 2 N–H and O–H groups in total. The van der Waals surface area contributed by atoms with Crippen molar-refractivity contribution in [1.29, 1.82) is 0 Å². The SMILES string of the molecule is COC(=O)Cc1cnc(F)c(N)c1. The predicted molar refractivity (Wildman–Crippen MR) is 44.3 cm³/mol. The van der Waals surface area contributed by atoms with Crippen molar-refractivity contribution in [3.05, 3.63) is 23.8 Å². The van der Waals surface area contributed by atoms with Gasteiger partial charge in [0.25, 0.3) is 0 Å². The largest absolute Gasteiger partial charge is 0.469 e. The Morgan fingerprint density at radius 1 is 1.77 bits per heavy atom. The number of nitrogens with zero attached hydrogens (tertiary/aromatic N) is 1. The molecule has 0 spiro atoms. The van der Waals surface area contributed by atoms with E-state index < -0.39 is 11.9 Å². The molecule has 1 heterocycles. The van der Waals surface area contributed by atoms with Gasteiger partial charge in [-0.1, -0.05) is 0 Å². The molecule has 0 saturated heterocycles. The molecule has 0 fully saturated rings. The third-order valence-corrected chi connectivity index (χ3v) is 1.50. The number of carbonyl (C=O) groups excluding carboxylic acids is 1. The molecule has 0 bridgehead atoms. The van der Waals surface area contributed by atoms with E-state index in [9.17, 15) is 9.18 Å². The topological polar surface area (TPSA) is 65.2 Å². The zero-order chi connectivity index (χ0) is 9.84. The molecule has 0 aliphatic carbocycles. The molecule has 0 radical (unpaired) electrons. The first-order valence-corrected chi connectivity index (χ1v) is 3.60. The van der Waals surface area contributed by atoms with Crippen LogP contribution in [0.4, 0.5) is 10.1 Å². The number of rotatable bonds is 2. The highest BCUT2D eigenvalue weighted by molar-refractivity contribution is 5.72. The van der Waals surface area contributed by atoms with Crippen LogP contribution in [0.2, 0.25) is 0 Å². The minimum absolute atomic E-state index is 0.0496. The molecule has 70 valence electrons. The average Bonchev–Trinajstić information content (AvgIpc) is 2.11. The van der Waals surface area contributed by atoms with Crippen LogP contribution in [0.15, 0.2) is 12.3 Å². The van der Waals surface area contributed by atoms with E-state index >= 15 is 0 Å². The highest BCUT2D eigenvalue weighted by Gasteiger charge is 2.05. The van der Waals surface area contributed by atoms with Gasteiger partial charge in [-0.3, -0.25) is 4.79 Å². The van der Waals surface area contributed by atoms with Gasteiger partial charge in [-0.15, -0.1) is 0 Å². The van der Waals surface area contributed by atoms with E-state index in [4.69, 9.17) is 5.73 Å². The van der Waals surface area contributed by atoms with Crippen LogP contribution < -0.4 is 5.73 Å². The molecule has 0 aliphatic rings. The van der Waals surface area contributed by atoms with Crippen LogP contribution in [0.1, 0.15) is 5.56 Å². The van der Waals surface area contributed by atoms with Crippen molar-refractivity contribution in [2.45, 2.75) is 6.42 Å². The number of pyridine rings is 1. The summed E-state index contributed by atoms with van der Waals surface area (Å²) in [5.41, 5.74) is 5.71. The summed E-state index contributed by atoms with van der Waals surface area (Å²) in [5.74, 6) is -1.14. The first-order valence-electron chi connectivity index (χ1n) is 3.60. The number of carbonyl (C=O) groups is 1. The maximum Gasteiger partial charge on any atom is 0.310 e. The van der Waals surface area contributed by atoms with Crippen LogP contribution in [0.25, 0.3) is 0 Å².